The van der Waals surface area contributed by atoms with Crippen molar-refractivity contribution in [2.45, 2.75) is 39.7 Å². The van der Waals surface area contributed by atoms with E-state index < -0.39 is 5.97 Å². The lowest BCUT2D eigenvalue weighted by atomic mass is 10.1. The minimum atomic E-state index is -0.984. The number of aromatic nitrogens is 3. The van der Waals surface area contributed by atoms with Crippen molar-refractivity contribution in [3.63, 3.8) is 0 Å². The summed E-state index contributed by atoms with van der Waals surface area (Å²) >= 11 is 0. The molecule has 1 amide bonds. The number of hydrogen-bond acceptors (Lipinski definition) is 5. The molecule has 0 radical (unpaired) electrons. The maximum atomic E-state index is 11.8. The van der Waals surface area contributed by atoms with Crippen LogP contribution in [-0.4, -0.2) is 38.1 Å². The van der Waals surface area contributed by atoms with Gasteiger partial charge in [-0.1, -0.05) is 42.5 Å². The maximum Gasteiger partial charge on any atom is 0.303 e. The van der Waals surface area contributed by atoms with Gasteiger partial charge in [0.05, 0.1) is 11.8 Å². The molecule has 2 heterocycles. The van der Waals surface area contributed by atoms with Crippen molar-refractivity contribution < 1.29 is 14.7 Å². The van der Waals surface area contributed by atoms with Crippen LogP contribution >= 0.6 is 0 Å². The number of aliphatic carboxylic acids is 1. The maximum absolute atomic E-state index is 11.8. The van der Waals surface area contributed by atoms with E-state index in [0.717, 1.165) is 35.4 Å². The van der Waals surface area contributed by atoms with E-state index in [9.17, 15) is 9.59 Å². The molecule has 180 valence electrons. The number of hydrogen-bond donors (Lipinski definition) is 3. The summed E-state index contributed by atoms with van der Waals surface area (Å²) in [5.74, 6) is -0.466. The van der Waals surface area contributed by atoms with Crippen molar-refractivity contribution in [1.82, 2.24) is 14.5 Å². The van der Waals surface area contributed by atoms with Crippen molar-refractivity contribution in [2.75, 3.05) is 17.2 Å². The number of carbonyl (C=O) groups excluding carboxylic acids is 1. The van der Waals surface area contributed by atoms with Crippen molar-refractivity contribution in [2.24, 2.45) is 0 Å². The zero-order valence-corrected chi connectivity index (χ0v) is 19.9. The van der Waals surface area contributed by atoms with E-state index in [2.05, 4.69) is 51.1 Å². The van der Waals surface area contributed by atoms with E-state index in [1.165, 1.54) is 16.8 Å². The quantitative estimate of drug-likeness (QED) is 0.313. The first kappa shape index (κ1) is 23.9. The molecule has 0 saturated heterocycles. The fourth-order valence-corrected chi connectivity index (χ4v) is 4.09. The molecule has 4 rings (SSSR count). The Kier molecular flexibility index (Phi) is 7.40. The van der Waals surface area contributed by atoms with Crippen LogP contribution in [0, 0.1) is 13.8 Å². The van der Waals surface area contributed by atoms with E-state index in [-0.39, 0.29) is 18.7 Å². The van der Waals surface area contributed by atoms with Gasteiger partial charge in [-0.2, -0.15) is 0 Å². The molecule has 2 aromatic carbocycles. The molecule has 0 unspecified atom stereocenters. The van der Waals surface area contributed by atoms with Crippen molar-refractivity contribution in [3.8, 4) is 0 Å². The predicted octanol–water partition coefficient (Wildman–Crippen LogP) is 4.55. The molecule has 0 bridgehead atoms. The molecule has 0 atom stereocenters. The van der Waals surface area contributed by atoms with Gasteiger partial charge in [-0.3, -0.25) is 9.59 Å². The minimum Gasteiger partial charge on any atom is -0.481 e. The standard InChI is InChI=1S/C27H29N5O3/c1-18-19(2)32(16-21-6-4-3-5-7-21)27-25(18)26(29-17-30-27)28-15-14-20-8-10-22(11-9-20)31-23(33)12-13-24(34)35/h3-11,17H,12-16H2,1-2H3,(H,31,33)(H,34,35)(H,28,29,30). The molecule has 8 heteroatoms. The van der Waals surface area contributed by atoms with Crippen LogP contribution < -0.4 is 10.6 Å². The number of rotatable bonds is 10. The molecule has 0 aliphatic rings. The highest BCUT2D eigenvalue weighted by Gasteiger charge is 2.16. The molecule has 0 spiro atoms. The van der Waals surface area contributed by atoms with Gasteiger partial charge in [0.2, 0.25) is 5.91 Å². The van der Waals surface area contributed by atoms with Gasteiger partial charge in [-0.15, -0.1) is 0 Å². The van der Waals surface area contributed by atoms with E-state index in [0.29, 0.717) is 12.2 Å². The summed E-state index contributed by atoms with van der Waals surface area (Å²) in [6.07, 6.45) is 2.16. The third-order valence-electron chi connectivity index (χ3n) is 6.10. The van der Waals surface area contributed by atoms with Crippen LogP contribution in [0.15, 0.2) is 60.9 Å². The molecule has 8 nitrogen and oxygen atoms in total. The zero-order chi connectivity index (χ0) is 24.8. The van der Waals surface area contributed by atoms with E-state index in [1.54, 1.807) is 6.33 Å². The Labute approximate surface area is 204 Å². The normalized spacial score (nSPS) is 10.9. The van der Waals surface area contributed by atoms with Crippen molar-refractivity contribution >= 4 is 34.4 Å². The monoisotopic (exact) mass is 471 g/mol. The van der Waals surface area contributed by atoms with Gasteiger partial charge >= 0.3 is 5.97 Å². The van der Waals surface area contributed by atoms with E-state index in [1.807, 2.05) is 42.5 Å². The van der Waals surface area contributed by atoms with Crippen LogP contribution in [0.1, 0.15) is 35.2 Å². The summed E-state index contributed by atoms with van der Waals surface area (Å²) in [5, 5.41) is 15.9. The number of nitrogens with one attached hydrogen (secondary N) is 2. The van der Waals surface area contributed by atoms with Crippen LogP contribution in [0.4, 0.5) is 11.5 Å². The van der Waals surface area contributed by atoms with Crippen LogP contribution in [-0.2, 0) is 22.6 Å². The Balaban J connectivity index is 1.40. The number of aryl methyl sites for hydroxylation is 1. The largest absolute Gasteiger partial charge is 0.481 e. The number of anilines is 2. The number of fused-ring (bicyclic) bond motifs is 1. The van der Waals surface area contributed by atoms with E-state index in [4.69, 9.17) is 5.11 Å². The minimum absolute atomic E-state index is 0.0413. The first-order valence-electron chi connectivity index (χ1n) is 11.6. The Morgan fingerprint density at radius 3 is 2.40 bits per heavy atom. The third-order valence-corrected chi connectivity index (χ3v) is 6.10. The fourth-order valence-electron chi connectivity index (χ4n) is 4.09. The number of benzene rings is 2. The summed E-state index contributed by atoms with van der Waals surface area (Å²) in [4.78, 5) is 31.5. The highest BCUT2D eigenvalue weighted by Crippen LogP contribution is 2.29. The van der Waals surface area contributed by atoms with Crippen LogP contribution in [0.25, 0.3) is 11.0 Å². The lowest BCUT2D eigenvalue weighted by Crippen LogP contribution is -2.13. The Morgan fingerprint density at radius 2 is 1.69 bits per heavy atom. The first-order chi connectivity index (χ1) is 16.9. The summed E-state index contributed by atoms with van der Waals surface area (Å²) in [5.41, 5.74) is 6.25. The van der Waals surface area contributed by atoms with Gasteiger partial charge in [0.1, 0.15) is 17.8 Å². The molecule has 0 aliphatic carbocycles. The molecular weight excluding hydrogens is 442 g/mol. The smallest absolute Gasteiger partial charge is 0.303 e. The average Bonchev–Trinajstić information content (AvgIpc) is 3.10. The lowest BCUT2D eigenvalue weighted by molar-refractivity contribution is -0.138. The van der Waals surface area contributed by atoms with Crippen LogP contribution in [0.5, 0.6) is 0 Å². The zero-order valence-electron chi connectivity index (χ0n) is 19.9. The summed E-state index contributed by atoms with van der Waals surface area (Å²) in [7, 11) is 0. The van der Waals surface area contributed by atoms with E-state index >= 15 is 0 Å². The number of carbonyl (C=O) groups is 2. The topological polar surface area (TPSA) is 109 Å². The number of carboxylic acid groups (broad SMARTS) is 1. The summed E-state index contributed by atoms with van der Waals surface area (Å²) in [6, 6.07) is 17.9. The predicted molar refractivity (Wildman–Crippen MR) is 137 cm³/mol. The molecule has 2 aromatic heterocycles. The fraction of sp³-hybridized carbons (Fsp3) is 0.259. The van der Waals surface area contributed by atoms with Gasteiger partial charge in [0.15, 0.2) is 0 Å². The van der Waals surface area contributed by atoms with Crippen LogP contribution in [0.3, 0.4) is 0 Å². The van der Waals surface area contributed by atoms with Crippen LogP contribution in [0.2, 0.25) is 0 Å². The average molecular weight is 472 g/mol. The second-order valence-corrected chi connectivity index (χ2v) is 8.52. The number of nitrogens with zero attached hydrogens (tertiary/aromatic N) is 3. The molecule has 3 N–H and O–H groups in total. The Morgan fingerprint density at radius 1 is 0.943 bits per heavy atom. The Hall–Kier alpha value is -4.20. The molecule has 0 fully saturated rings. The third kappa shape index (κ3) is 5.84. The second kappa shape index (κ2) is 10.8. The highest BCUT2D eigenvalue weighted by atomic mass is 16.4. The molecule has 35 heavy (non-hydrogen) atoms. The first-order valence-corrected chi connectivity index (χ1v) is 11.6. The molecule has 0 aliphatic heterocycles. The number of carboxylic acids is 1. The van der Waals surface area contributed by atoms with Gasteiger partial charge < -0.3 is 20.3 Å². The lowest BCUT2D eigenvalue weighted by Gasteiger charge is -2.10. The molecule has 0 saturated carbocycles. The highest BCUT2D eigenvalue weighted by molar-refractivity contribution is 5.93. The van der Waals surface area contributed by atoms with Gasteiger partial charge in [-0.05, 0) is 49.1 Å². The second-order valence-electron chi connectivity index (χ2n) is 8.52. The van der Waals surface area contributed by atoms with Crippen molar-refractivity contribution in [1.29, 1.82) is 0 Å². The number of amides is 1. The van der Waals surface area contributed by atoms with Gasteiger partial charge in [0.25, 0.3) is 0 Å². The summed E-state index contributed by atoms with van der Waals surface area (Å²) < 4.78 is 2.23. The molecular formula is C27H29N5O3. The SMILES string of the molecule is Cc1c(C)n(Cc2ccccc2)c2ncnc(NCCc3ccc(NC(=O)CCC(=O)O)cc3)c12. The summed E-state index contributed by atoms with van der Waals surface area (Å²) in [6.45, 7) is 5.67. The van der Waals surface area contributed by atoms with Gasteiger partial charge in [0, 0.05) is 30.9 Å². The van der Waals surface area contributed by atoms with Gasteiger partial charge in [-0.25, -0.2) is 9.97 Å². The van der Waals surface area contributed by atoms with Crippen molar-refractivity contribution in [3.05, 3.63) is 83.3 Å². The molecule has 4 aromatic rings. The Bertz CT molecular complexity index is 1330.